The number of likely N-dealkylation sites (tertiary alicyclic amines) is 1. The Morgan fingerprint density at radius 1 is 1.50 bits per heavy atom. The largest absolute Gasteiger partial charge is 0.450 e. The molecule has 1 aliphatic rings. The van der Waals surface area contributed by atoms with Gasteiger partial charge in [-0.1, -0.05) is 0 Å². The van der Waals surface area contributed by atoms with E-state index >= 15 is 0 Å². The van der Waals surface area contributed by atoms with Crippen LogP contribution in [0.2, 0.25) is 0 Å². The van der Waals surface area contributed by atoms with E-state index < -0.39 is 0 Å². The molecule has 0 radical (unpaired) electrons. The van der Waals surface area contributed by atoms with Crippen molar-refractivity contribution in [2.75, 3.05) is 26.2 Å². The van der Waals surface area contributed by atoms with Crippen LogP contribution in [0.5, 0.6) is 0 Å². The lowest BCUT2D eigenvalue weighted by Crippen LogP contribution is -2.45. The summed E-state index contributed by atoms with van der Waals surface area (Å²) in [6.45, 7) is 4.66. The predicted octanol–water partition coefficient (Wildman–Crippen LogP) is 0.568. The molecular weight excluding hydrogens is 258 g/mol. The first-order chi connectivity index (χ1) is 9.69. The third-order valence-corrected chi connectivity index (χ3v) is 3.45. The monoisotopic (exact) mass is 281 g/mol. The van der Waals surface area contributed by atoms with Gasteiger partial charge in [-0.05, 0) is 19.8 Å². The minimum absolute atomic E-state index is 0.191. The molecule has 112 valence electrons. The molecule has 1 aromatic heterocycles. The molecule has 0 atom stereocenters. The zero-order valence-corrected chi connectivity index (χ0v) is 12.2. The van der Waals surface area contributed by atoms with E-state index in [0.29, 0.717) is 12.6 Å². The van der Waals surface area contributed by atoms with Crippen molar-refractivity contribution in [1.82, 2.24) is 25.0 Å². The second-order valence-electron chi connectivity index (χ2n) is 5.00. The summed E-state index contributed by atoms with van der Waals surface area (Å²) in [6.07, 6.45) is 4.29. The fraction of sp³-hybridized carbons (Fsp3) is 0.769. The Morgan fingerprint density at radius 2 is 2.25 bits per heavy atom. The van der Waals surface area contributed by atoms with Crippen molar-refractivity contribution in [2.24, 2.45) is 7.05 Å². The van der Waals surface area contributed by atoms with Gasteiger partial charge in [0.05, 0.1) is 6.61 Å². The van der Waals surface area contributed by atoms with E-state index in [1.807, 2.05) is 14.0 Å². The van der Waals surface area contributed by atoms with Gasteiger partial charge in [0.2, 0.25) is 0 Å². The van der Waals surface area contributed by atoms with E-state index in [0.717, 1.165) is 44.7 Å². The number of nitrogens with zero attached hydrogens (tertiary/aromatic N) is 4. The SMILES string of the molecule is CCOC(=O)N1CCC(NCCc2ncn(C)n2)CC1. The lowest BCUT2D eigenvalue weighted by Gasteiger charge is -2.31. The number of aromatic nitrogens is 3. The summed E-state index contributed by atoms with van der Waals surface area (Å²) in [5.41, 5.74) is 0. The number of carbonyl (C=O) groups excluding carboxylic acids is 1. The van der Waals surface area contributed by atoms with Crippen LogP contribution in [-0.2, 0) is 18.2 Å². The summed E-state index contributed by atoms with van der Waals surface area (Å²) in [5, 5.41) is 7.75. The first-order valence-electron chi connectivity index (χ1n) is 7.18. The molecule has 0 saturated carbocycles. The van der Waals surface area contributed by atoms with Gasteiger partial charge in [-0.25, -0.2) is 9.78 Å². The zero-order valence-electron chi connectivity index (χ0n) is 12.2. The van der Waals surface area contributed by atoms with Gasteiger partial charge in [-0.15, -0.1) is 0 Å². The Morgan fingerprint density at radius 3 is 2.85 bits per heavy atom. The van der Waals surface area contributed by atoms with Crippen molar-refractivity contribution in [3.05, 3.63) is 12.2 Å². The summed E-state index contributed by atoms with van der Waals surface area (Å²) in [4.78, 5) is 17.5. The van der Waals surface area contributed by atoms with Crippen LogP contribution >= 0.6 is 0 Å². The number of ether oxygens (including phenoxy) is 1. The van der Waals surface area contributed by atoms with Gasteiger partial charge in [-0.2, -0.15) is 5.10 Å². The molecule has 0 unspecified atom stereocenters. The second-order valence-corrected chi connectivity index (χ2v) is 5.00. The van der Waals surface area contributed by atoms with Gasteiger partial charge in [0.25, 0.3) is 0 Å². The maximum absolute atomic E-state index is 11.6. The number of hydrogen-bond donors (Lipinski definition) is 1. The lowest BCUT2D eigenvalue weighted by atomic mass is 10.1. The van der Waals surface area contributed by atoms with E-state index in [4.69, 9.17) is 4.74 Å². The smallest absolute Gasteiger partial charge is 0.409 e. The number of carbonyl (C=O) groups is 1. The van der Waals surface area contributed by atoms with Gasteiger partial charge in [0.15, 0.2) is 5.82 Å². The Kier molecular flexibility index (Phi) is 5.34. The summed E-state index contributed by atoms with van der Waals surface area (Å²) in [5.74, 6) is 0.865. The number of piperidine rings is 1. The lowest BCUT2D eigenvalue weighted by molar-refractivity contribution is 0.0952. The van der Waals surface area contributed by atoms with Crippen LogP contribution in [0.25, 0.3) is 0 Å². The van der Waals surface area contributed by atoms with Crippen LogP contribution in [0.4, 0.5) is 4.79 Å². The Hall–Kier alpha value is -1.63. The molecule has 0 aromatic carbocycles. The summed E-state index contributed by atoms with van der Waals surface area (Å²) >= 11 is 0. The highest BCUT2D eigenvalue weighted by molar-refractivity contribution is 5.67. The zero-order chi connectivity index (χ0) is 14.4. The molecule has 1 amide bonds. The molecular formula is C13H23N5O2. The number of aryl methyl sites for hydroxylation is 1. The molecule has 20 heavy (non-hydrogen) atoms. The fourth-order valence-corrected chi connectivity index (χ4v) is 2.37. The minimum atomic E-state index is -0.191. The average Bonchev–Trinajstić information content (AvgIpc) is 2.85. The van der Waals surface area contributed by atoms with Crippen LogP contribution in [0.3, 0.4) is 0 Å². The highest BCUT2D eigenvalue weighted by Gasteiger charge is 2.22. The third-order valence-electron chi connectivity index (χ3n) is 3.45. The van der Waals surface area contributed by atoms with Crippen molar-refractivity contribution >= 4 is 6.09 Å². The molecule has 7 heteroatoms. The molecule has 2 rings (SSSR count). The topological polar surface area (TPSA) is 72.3 Å². The van der Waals surface area contributed by atoms with E-state index in [-0.39, 0.29) is 6.09 Å². The standard InChI is InChI=1S/C13H23N5O2/c1-3-20-13(19)18-8-5-11(6-9-18)14-7-4-12-15-10-17(2)16-12/h10-11,14H,3-9H2,1-2H3. The first kappa shape index (κ1) is 14.8. The average molecular weight is 281 g/mol. The number of rotatable bonds is 5. The number of amides is 1. The van der Waals surface area contributed by atoms with Crippen LogP contribution < -0.4 is 5.32 Å². The maximum atomic E-state index is 11.6. The van der Waals surface area contributed by atoms with Crippen molar-refractivity contribution in [2.45, 2.75) is 32.2 Å². The number of hydrogen-bond acceptors (Lipinski definition) is 5. The highest BCUT2D eigenvalue weighted by atomic mass is 16.6. The van der Waals surface area contributed by atoms with Crippen molar-refractivity contribution in [3.8, 4) is 0 Å². The molecule has 1 aromatic rings. The quantitative estimate of drug-likeness (QED) is 0.854. The van der Waals surface area contributed by atoms with Gasteiger partial charge < -0.3 is 15.0 Å². The van der Waals surface area contributed by atoms with E-state index in [9.17, 15) is 4.79 Å². The molecule has 1 saturated heterocycles. The molecule has 2 heterocycles. The van der Waals surface area contributed by atoms with E-state index in [1.165, 1.54) is 0 Å². The molecule has 0 aliphatic carbocycles. The van der Waals surface area contributed by atoms with Crippen molar-refractivity contribution in [3.63, 3.8) is 0 Å². The maximum Gasteiger partial charge on any atom is 0.409 e. The molecule has 1 N–H and O–H groups in total. The molecule has 0 spiro atoms. The van der Waals surface area contributed by atoms with Gasteiger partial charge in [0.1, 0.15) is 6.33 Å². The van der Waals surface area contributed by atoms with Crippen molar-refractivity contribution in [1.29, 1.82) is 0 Å². The summed E-state index contributed by atoms with van der Waals surface area (Å²) in [7, 11) is 1.87. The van der Waals surface area contributed by atoms with Gasteiger partial charge in [-0.3, -0.25) is 4.68 Å². The normalized spacial score (nSPS) is 16.4. The van der Waals surface area contributed by atoms with Crippen LogP contribution in [0.15, 0.2) is 6.33 Å². The Labute approximate surface area is 119 Å². The van der Waals surface area contributed by atoms with Crippen LogP contribution in [0.1, 0.15) is 25.6 Å². The third kappa shape index (κ3) is 4.19. The Bertz CT molecular complexity index is 426. The van der Waals surface area contributed by atoms with Crippen molar-refractivity contribution < 1.29 is 9.53 Å². The highest BCUT2D eigenvalue weighted by Crippen LogP contribution is 2.11. The molecule has 1 aliphatic heterocycles. The number of nitrogens with one attached hydrogen (secondary N) is 1. The summed E-state index contributed by atoms with van der Waals surface area (Å²) in [6, 6.07) is 0.462. The Balaban J connectivity index is 1.63. The van der Waals surface area contributed by atoms with Crippen LogP contribution in [-0.4, -0.2) is 58.0 Å². The summed E-state index contributed by atoms with van der Waals surface area (Å²) < 4.78 is 6.72. The van der Waals surface area contributed by atoms with Crippen LogP contribution in [0, 0.1) is 0 Å². The first-order valence-corrected chi connectivity index (χ1v) is 7.18. The predicted molar refractivity (Wildman–Crippen MR) is 74.3 cm³/mol. The van der Waals surface area contributed by atoms with Gasteiger partial charge >= 0.3 is 6.09 Å². The van der Waals surface area contributed by atoms with E-state index in [2.05, 4.69) is 15.4 Å². The molecule has 0 bridgehead atoms. The molecule has 1 fully saturated rings. The minimum Gasteiger partial charge on any atom is -0.450 e. The fourth-order valence-electron chi connectivity index (χ4n) is 2.37. The second kappa shape index (κ2) is 7.23. The van der Waals surface area contributed by atoms with E-state index in [1.54, 1.807) is 15.9 Å². The van der Waals surface area contributed by atoms with Gasteiger partial charge in [0, 0.05) is 39.1 Å². The molecule has 7 nitrogen and oxygen atoms in total.